The second-order valence-electron chi connectivity index (χ2n) is 8.25. The molecule has 1 aromatic rings. The summed E-state index contributed by atoms with van der Waals surface area (Å²) in [5, 5.41) is 3.06. The molecular weight excluding hydrogens is 342 g/mol. The third-order valence-electron chi connectivity index (χ3n) is 6.43. The average molecular weight is 371 g/mol. The molecule has 1 aromatic carbocycles. The van der Waals surface area contributed by atoms with Crippen molar-refractivity contribution in [1.82, 2.24) is 15.1 Å². The molecule has 2 atom stereocenters. The van der Waals surface area contributed by atoms with E-state index >= 15 is 0 Å². The van der Waals surface area contributed by atoms with Gasteiger partial charge >= 0.3 is 6.03 Å². The van der Waals surface area contributed by atoms with Crippen molar-refractivity contribution in [2.75, 3.05) is 13.8 Å². The van der Waals surface area contributed by atoms with E-state index in [1.54, 1.807) is 7.11 Å². The molecule has 3 fully saturated rings. The number of amides is 3. The molecule has 0 bridgehead atoms. The van der Waals surface area contributed by atoms with E-state index in [-0.39, 0.29) is 17.9 Å². The number of hydrogen-bond donors (Lipinski definition) is 1. The highest BCUT2D eigenvalue weighted by molar-refractivity contribution is 6.07. The maximum atomic E-state index is 13.2. The van der Waals surface area contributed by atoms with Gasteiger partial charge in [-0.3, -0.25) is 9.69 Å². The molecule has 2 unspecified atom stereocenters. The Hall–Kier alpha value is -2.08. The molecule has 2 aliphatic carbocycles. The van der Waals surface area contributed by atoms with Crippen LogP contribution in [0.3, 0.4) is 0 Å². The number of methoxy groups -OCH3 is 1. The van der Waals surface area contributed by atoms with Gasteiger partial charge in [-0.15, -0.1) is 0 Å². The average Bonchev–Trinajstić information content (AvgIpc) is 3.49. The quantitative estimate of drug-likeness (QED) is 0.781. The van der Waals surface area contributed by atoms with E-state index in [4.69, 9.17) is 4.74 Å². The predicted octanol–water partition coefficient (Wildman–Crippen LogP) is 3.12. The van der Waals surface area contributed by atoms with Gasteiger partial charge in [-0.2, -0.15) is 0 Å². The molecule has 2 saturated carbocycles. The molecule has 1 N–H and O–H groups in total. The fraction of sp³-hybridized carbons (Fsp3) is 0.619. The van der Waals surface area contributed by atoms with Gasteiger partial charge in [0.15, 0.2) is 0 Å². The van der Waals surface area contributed by atoms with Crippen LogP contribution >= 0.6 is 0 Å². The molecule has 27 heavy (non-hydrogen) atoms. The minimum absolute atomic E-state index is 0.0277. The van der Waals surface area contributed by atoms with Crippen molar-refractivity contribution in [3.63, 3.8) is 0 Å². The zero-order valence-corrected chi connectivity index (χ0v) is 16.2. The normalized spacial score (nSPS) is 28.1. The number of benzene rings is 1. The zero-order chi connectivity index (χ0) is 19.0. The number of nitrogens with one attached hydrogen (secondary N) is 1. The zero-order valence-electron chi connectivity index (χ0n) is 16.2. The number of urea groups is 1. The van der Waals surface area contributed by atoms with Crippen molar-refractivity contribution in [3.05, 3.63) is 29.8 Å². The largest absolute Gasteiger partial charge is 0.497 e. The molecule has 0 aromatic heterocycles. The molecule has 6 heteroatoms. The fourth-order valence-corrected chi connectivity index (χ4v) is 4.51. The van der Waals surface area contributed by atoms with Gasteiger partial charge in [0.1, 0.15) is 11.3 Å². The summed E-state index contributed by atoms with van der Waals surface area (Å²) in [5.74, 6) is 1.00. The van der Waals surface area contributed by atoms with Crippen LogP contribution in [0.4, 0.5) is 4.79 Å². The Balaban J connectivity index is 1.48. The monoisotopic (exact) mass is 371 g/mol. The SMILES string of the molecule is COc1ccc(CN(CN2C(=O)NC3(CCCCC3C)C2=O)C2CC2)cc1. The lowest BCUT2D eigenvalue weighted by Gasteiger charge is -2.37. The second kappa shape index (κ2) is 7.15. The number of nitrogens with zero attached hydrogens (tertiary/aromatic N) is 2. The van der Waals surface area contributed by atoms with Crippen molar-refractivity contribution in [1.29, 1.82) is 0 Å². The summed E-state index contributed by atoms with van der Waals surface area (Å²) in [6.45, 7) is 3.20. The first-order valence-corrected chi connectivity index (χ1v) is 10.0. The molecule has 4 rings (SSSR count). The first-order valence-electron chi connectivity index (χ1n) is 10.0. The summed E-state index contributed by atoms with van der Waals surface area (Å²) in [7, 11) is 1.66. The van der Waals surface area contributed by atoms with Crippen molar-refractivity contribution in [2.24, 2.45) is 5.92 Å². The van der Waals surface area contributed by atoms with Crippen molar-refractivity contribution in [3.8, 4) is 5.75 Å². The van der Waals surface area contributed by atoms with Gasteiger partial charge in [0.25, 0.3) is 5.91 Å². The van der Waals surface area contributed by atoms with Crippen molar-refractivity contribution >= 4 is 11.9 Å². The second-order valence-corrected chi connectivity index (χ2v) is 8.25. The van der Waals surface area contributed by atoms with Gasteiger partial charge in [-0.1, -0.05) is 31.9 Å². The van der Waals surface area contributed by atoms with E-state index in [1.165, 1.54) is 4.90 Å². The minimum atomic E-state index is -0.676. The lowest BCUT2D eigenvalue weighted by Crippen LogP contribution is -2.54. The molecule has 3 amide bonds. The van der Waals surface area contributed by atoms with Crippen LogP contribution in [0.5, 0.6) is 5.75 Å². The lowest BCUT2D eigenvalue weighted by atomic mass is 9.73. The van der Waals surface area contributed by atoms with E-state index in [1.807, 2.05) is 24.3 Å². The summed E-state index contributed by atoms with van der Waals surface area (Å²) < 4.78 is 5.22. The number of imide groups is 1. The van der Waals surface area contributed by atoms with Gasteiger partial charge in [0, 0.05) is 12.6 Å². The summed E-state index contributed by atoms with van der Waals surface area (Å²) in [6.07, 6.45) is 6.15. The van der Waals surface area contributed by atoms with Crippen LogP contribution < -0.4 is 10.1 Å². The van der Waals surface area contributed by atoms with E-state index < -0.39 is 5.54 Å². The number of ether oxygens (including phenoxy) is 1. The van der Waals surface area contributed by atoms with E-state index in [2.05, 4.69) is 17.1 Å². The first-order chi connectivity index (χ1) is 13.0. The maximum Gasteiger partial charge on any atom is 0.326 e. The van der Waals surface area contributed by atoms with E-state index in [0.29, 0.717) is 12.7 Å². The van der Waals surface area contributed by atoms with Gasteiger partial charge in [-0.05, 0) is 49.3 Å². The smallest absolute Gasteiger partial charge is 0.326 e. The highest BCUT2D eigenvalue weighted by atomic mass is 16.5. The number of carbonyl (C=O) groups is 2. The molecule has 3 aliphatic rings. The molecule has 6 nitrogen and oxygen atoms in total. The van der Waals surface area contributed by atoms with E-state index in [9.17, 15) is 9.59 Å². The molecule has 1 heterocycles. The van der Waals surface area contributed by atoms with Crippen LogP contribution in [0.15, 0.2) is 24.3 Å². The molecule has 0 radical (unpaired) electrons. The highest BCUT2D eigenvalue weighted by Crippen LogP contribution is 2.39. The molecule has 1 spiro atoms. The van der Waals surface area contributed by atoms with Crippen LogP contribution in [0.2, 0.25) is 0 Å². The Bertz CT molecular complexity index is 716. The minimum Gasteiger partial charge on any atom is -0.497 e. The number of carbonyl (C=O) groups excluding carboxylic acids is 2. The van der Waals surface area contributed by atoms with Crippen LogP contribution in [-0.2, 0) is 11.3 Å². The summed E-state index contributed by atoms with van der Waals surface area (Å²) >= 11 is 0. The topological polar surface area (TPSA) is 61.9 Å². The van der Waals surface area contributed by atoms with Crippen LogP contribution in [0.1, 0.15) is 51.0 Å². The summed E-state index contributed by atoms with van der Waals surface area (Å²) in [4.78, 5) is 29.6. The third-order valence-corrected chi connectivity index (χ3v) is 6.43. The fourth-order valence-electron chi connectivity index (χ4n) is 4.51. The predicted molar refractivity (Wildman–Crippen MR) is 102 cm³/mol. The van der Waals surface area contributed by atoms with Crippen molar-refractivity contribution < 1.29 is 14.3 Å². The third kappa shape index (κ3) is 3.43. The van der Waals surface area contributed by atoms with Gasteiger partial charge in [0.05, 0.1) is 13.8 Å². The Labute approximate surface area is 160 Å². The van der Waals surface area contributed by atoms with Gasteiger partial charge < -0.3 is 10.1 Å². The Kier molecular flexibility index (Phi) is 4.84. The van der Waals surface area contributed by atoms with Crippen molar-refractivity contribution in [2.45, 2.75) is 63.6 Å². The maximum absolute atomic E-state index is 13.2. The van der Waals surface area contributed by atoms with Gasteiger partial charge in [0.2, 0.25) is 0 Å². The Morgan fingerprint density at radius 2 is 1.93 bits per heavy atom. The summed E-state index contributed by atoms with van der Waals surface area (Å²) in [5.41, 5.74) is 0.487. The molecule has 1 aliphatic heterocycles. The molecular formula is C21H29N3O3. The number of hydrogen-bond acceptors (Lipinski definition) is 4. The standard InChI is InChI=1S/C21H29N3O3/c1-15-5-3-4-12-21(15)19(25)24(20(26)22-21)14-23(17-8-9-17)13-16-6-10-18(27-2)11-7-16/h6-7,10-11,15,17H,3-5,8-9,12-14H2,1-2H3,(H,22,26). The molecule has 1 saturated heterocycles. The lowest BCUT2D eigenvalue weighted by molar-refractivity contribution is -0.135. The van der Waals surface area contributed by atoms with Crippen LogP contribution in [0.25, 0.3) is 0 Å². The first kappa shape index (κ1) is 18.3. The highest BCUT2D eigenvalue weighted by Gasteiger charge is 2.55. The van der Waals surface area contributed by atoms with Crippen LogP contribution in [0, 0.1) is 5.92 Å². The van der Waals surface area contributed by atoms with E-state index in [0.717, 1.165) is 56.4 Å². The Morgan fingerprint density at radius 3 is 2.56 bits per heavy atom. The number of rotatable bonds is 6. The molecule has 146 valence electrons. The van der Waals surface area contributed by atoms with Crippen LogP contribution in [-0.4, -0.2) is 47.1 Å². The summed E-state index contributed by atoms with van der Waals surface area (Å²) in [6, 6.07) is 8.22. The Morgan fingerprint density at radius 1 is 1.19 bits per heavy atom. The van der Waals surface area contributed by atoms with Gasteiger partial charge in [-0.25, -0.2) is 9.69 Å².